The quantitative estimate of drug-likeness (QED) is 0.707. The molecule has 1 amide bonds. The summed E-state index contributed by atoms with van der Waals surface area (Å²) < 4.78 is 31.9. The van der Waals surface area contributed by atoms with Crippen molar-refractivity contribution in [2.45, 2.75) is 43.9 Å². The van der Waals surface area contributed by atoms with Gasteiger partial charge in [-0.2, -0.15) is 0 Å². The molecule has 0 spiro atoms. The number of benzene rings is 1. The number of hydrogen-bond donors (Lipinski definition) is 2. The van der Waals surface area contributed by atoms with Crippen LogP contribution in [0.5, 0.6) is 0 Å². The summed E-state index contributed by atoms with van der Waals surface area (Å²) in [5.41, 5.74) is 1.82. The van der Waals surface area contributed by atoms with Crippen molar-refractivity contribution in [2.75, 3.05) is 11.3 Å². The van der Waals surface area contributed by atoms with Crippen LogP contribution in [-0.2, 0) is 10.0 Å². The topological polar surface area (TPSA) is 101 Å². The second-order valence-electron chi connectivity index (χ2n) is 6.57. The molecular formula is C19H23N3O4S. The van der Waals surface area contributed by atoms with Gasteiger partial charge in [0, 0.05) is 18.2 Å². The van der Waals surface area contributed by atoms with Crippen LogP contribution in [0.3, 0.4) is 0 Å². The number of hydrogen-bond acceptors (Lipinski definition) is 5. The molecule has 0 aliphatic heterocycles. The highest BCUT2D eigenvalue weighted by molar-refractivity contribution is 7.92. The Morgan fingerprint density at radius 1 is 1.22 bits per heavy atom. The third-order valence-corrected chi connectivity index (χ3v) is 5.78. The zero-order chi connectivity index (χ0) is 19.3. The van der Waals surface area contributed by atoms with Gasteiger partial charge in [-0.3, -0.25) is 9.52 Å². The van der Waals surface area contributed by atoms with Crippen molar-refractivity contribution in [1.29, 1.82) is 0 Å². The maximum Gasteiger partial charge on any atom is 0.263 e. The van der Waals surface area contributed by atoms with Gasteiger partial charge in [-0.05, 0) is 63.3 Å². The molecule has 0 atom stereocenters. The largest absolute Gasteiger partial charge is 0.360 e. The van der Waals surface area contributed by atoms with Crippen LogP contribution in [0.15, 0.2) is 51.4 Å². The van der Waals surface area contributed by atoms with Gasteiger partial charge in [-0.25, -0.2) is 8.42 Å². The highest BCUT2D eigenvalue weighted by Gasteiger charge is 2.17. The summed E-state index contributed by atoms with van der Waals surface area (Å²) in [5, 5.41) is 6.49. The van der Waals surface area contributed by atoms with E-state index in [1.807, 2.05) is 0 Å². The normalized spacial score (nSPS) is 14.5. The fraction of sp³-hybridized carbons (Fsp3) is 0.368. The summed E-state index contributed by atoms with van der Waals surface area (Å²) in [6.07, 6.45) is 7.83. The molecule has 1 aliphatic carbocycles. The van der Waals surface area contributed by atoms with Gasteiger partial charge in [0.1, 0.15) is 5.76 Å². The number of carbonyl (C=O) groups excluding carboxylic acids is 1. The number of sulfonamides is 1. The minimum atomic E-state index is -3.79. The summed E-state index contributed by atoms with van der Waals surface area (Å²) in [6, 6.07) is 7.28. The molecule has 0 fully saturated rings. The van der Waals surface area contributed by atoms with Crippen molar-refractivity contribution in [3.63, 3.8) is 0 Å². The smallest absolute Gasteiger partial charge is 0.263 e. The molecule has 1 heterocycles. The molecular weight excluding hydrogens is 366 g/mol. The zero-order valence-electron chi connectivity index (χ0n) is 15.2. The van der Waals surface area contributed by atoms with Crippen LogP contribution in [0, 0.1) is 6.92 Å². The van der Waals surface area contributed by atoms with Crippen LogP contribution in [0.25, 0.3) is 0 Å². The van der Waals surface area contributed by atoms with Gasteiger partial charge in [0.05, 0.1) is 4.90 Å². The van der Waals surface area contributed by atoms with Crippen LogP contribution in [0.2, 0.25) is 0 Å². The van der Waals surface area contributed by atoms with Crippen molar-refractivity contribution in [3.8, 4) is 0 Å². The first-order chi connectivity index (χ1) is 12.9. The van der Waals surface area contributed by atoms with E-state index in [1.165, 1.54) is 48.7 Å². The van der Waals surface area contributed by atoms with Gasteiger partial charge in [0.15, 0.2) is 5.82 Å². The molecule has 7 nitrogen and oxygen atoms in total. The molecule has 2 N–H and O–H groups in total. The van der Waals surface area contributed by atoms with E-state index in [0.717, 1.165) is 19.3 Å². The van der Waals surface area contributed by atoms with Gasteiger partial charge in [-0.15, -0.1) is 0 Å². The SMILES string of the molecule is Cc1cc(NS(=O)(=O)c2ccc(C(=O)NCCC3=CCCCC3)cc2)no1. The van der Waals surface area contributed by atoms with E-state index < -0.39 is 10.0 Å². The number of rotatable bonds is 7. The predicted octanol–water partition coefficient (Wildman–Crippen LogP) is 3.40. The van der Waals surface area contributed by atoms with Crippen molar-refractivity contribution in [1.82, 2.24) is 10.5 Å². The third kappa shape index (κ3) is 5.19. The average Bonchev–Trinajstić information content (AvgIpc) is 3.06. The van der Waals surface area contributed by atoms with Gasteiger partial charge >= 0.3 is 0 Å². The first kappa shape index (κ1) is 19.2. The van der Waals surface area contributed by atoms with E-state index >= 15 is 0 Å². The molecule has 3 rings (SSSR count). The number of aromatic nitrogens is 1. The molecule has 0 saturated heterocycles. The Hall–Kier alpha value is -2.61. The molecule has 27 heavy (non-hydrogen) atoms. The number of aryl methyl sites for hydroxylation is 1. The van der Waals surface area contributed by atoms with Crippen molar-refractivity contribution < 1.29 is 17.7 Å². The Kier molecular flexibility index (Phi) is 5.95. The average molecular weight is 389 g/mol. The summed E-state index contributed by atoms with van der Waals surface area (Å²) >= 11 is 0. The molecule has 1 aromatic carbocycles. The standard InChI is InChI=1S/C19H23N3O4S/c1-14-13-18(21-26-14)22-27(24,25)17-9-7-16(8-10-17)19(23)20-12-11-15-5-3-2-4-6-15/h5,7-10,13H,2-4,6,11-12H2,1H3,(H,20,23)(H,21,22). The van der Waals surface area contributed by atoms with Gasteiger partial charge < -0.3 is 9.84 Å². The lowest BCUT2D eigenvalue weighted by Crippen LogP contribution is -2.25. The van der Waals surface area contributed by atoms with Crippen LogP contribution in [-0.4, -0.2) is 26.0 Å². The summed E-state index contributed by atoms with van der Waals surface area (Å²) in [7, 11) is -3.79. The minimum Gasteiger partial charge on any atom is -0.360 e. The van der Waals surface area contributed by atoms with E-state index in [-0.39, 0.29) is 16.6 Å². The maximum atomic E-state index is 12.3. The molecule has 8 heteroatoms. The monoisotopic (exact) mass is 389 g/mol. The van der Waals surface area contributed by atoms with Crippen LogP contribution >= 0.6 is 0 Å². The fourth-order valence-electron chi connectivity index (χ4n) is 2.97. The third-order valence-electron chi connectivity index (χ3n) is 4.41. The fourth-order valence-corrected chi connectivity index (χ4v) is 3.95. The number of carbonyl (C=O) groups is 1. The highest BCUT2D eigenvalue weighted by Crippen LogP contribution is 2.20. The highest BCUT2D eigenvalue weighted by atomic mass is 32.2. The number of amides is 1. The Labute approximate surface area is 158 Å². The lowest BCUT2D eigenvalue weighted by molar-refractivity contribution is 0.0954. The number of nitrogens with zero attached hydrogens (tertiary/aromatic N) is 1. The van der Waals surface area contributed by atoms with Gasteiger partial charge in [0.2, 0.25) is 0 Å². The van der Waals surface area contributed by atoms with E-state index in [4.69, 9.17) is 4.52 Å². The van der Waals surface area contributed by atoms with Crippen LogP contribution < -0.4 is 10.0 Å². The van der Waals surface area contributed by atoms with E-state index in [0.29, 0.717) is 17.9 Å². The molecule has 144 valence electrons. The van der Waals surface area contributed by atoms with Crippen LogP contribution in [0.1, 0.15) is 48.2 Å². The van der Waals surface area contributed by atoms with Gasteiger partial charge in [0.25, 0.3) is 15.9 Å². The first-order valence-corrected chi connectivity index (χ1v) is 10.4. The second kappa shape index (κ2) is 8.39. The molecule has 1 aliphatic rings. The lowest BCUT2D eigenvalue weighted by atomic mass is 9.97. The summed E-state index contributed by atoms with van der Waals surface area (Å²) in [5.74, 6) is 0.408. The zero-order valence-corrected chi connectivity index (χ0v) is 16.0. The van der Waals surface area contributed by atoms with Gasteiger partial charge in [-0.1, -0.05) is 16.8 Å². The molecule has 2 aromatic rings. The molecule has 1 aromatic heterocycles. The summed E-state index contributed by atoms with van der Waals surface area (Å²) in [6.45, 7) is 2.25. The van der Waals surface area contributed by atoms with E-state index in [2.05, 4.69) is 21.3 Å². The predicted molar refractivity (Wildman–Crippen MR) is 102 cm³/mol. The van der Waals surface area contributed by atoms with E-state index in [9.17, 15) is 13.2 Å². The Morgan fingerprint density at radius 2 is 2.00 bits per heavy atom. The molecule has 0 radical (unpaired) electrons. The molecule has 0 unspecified atom stereocenters. The Morgan fingerprint density at radius 3 is 2.63 bits per heavy atom. The number of anilines is 1. The van der Waals surface area contributed by atoms with Crippen LogP contribution in [0.4, 0.5) is 5.82 Å². The maximum absolute atomic E-state index is 12.3. The Balaban J connectivity index is 1.57. The summed E-state index contributed by atoms with van der Waals surface area (Å²) in [4.78, 5) is 12.3. The second-order valence-corrected chi connectivity index (χ2v) is 8.25. The first-order valence-electron chi connectivity index (χ1n) is 8.96. The van der Waals surface area contributed by atoms with Crippen molar-refractivity contribution >= 4 is 21.7 Å². The lowest BCUT2D eigenvalue weighted by Gasteiger charge is -2.13. The number of nitrogens with one attached hydrogen (secondary N) is 2. The van der Waals surface area contributed by atoms with Crippen molar-refractivity contribution in [3.05, 3.63) is 53.3 Å². The van der Waals surface area contributed by atoms with E-state index in [1.54, 1.807) is 6.92 Å². The Bertz CT molecular complexity index is 930. The number of allylic oxidation sites excluding steroid dienone is 1. The molecule has 0 saturated carbocycles. The molecule has 0 bridgehead atoms. The van der Waals surface area contributed by atoms with Crippen molar-refractivity contribution in [2.24, 2.45) is 0 Å². The minimum absolute atomic E-state index is 0.0482.